The van der Waals surface area contributed by atoms with E-state index < -0.39 is 61.3 Å². The first-order valence-electron chi connectivity index (χ1n) is 30.3. The van der Waals surface area contributed by atoms with Gasteiger partial charge in [-0.15, -0.1) is 0 Å². The Balaban J connectivity index is 0.000000203. The number of carbonyl (C=O) groups is 5. The lowest BCUT2D eigenvalue weighted by Crippen LogP contribution is -2.44. The summed E-state index contributed by atoms with van der Waals surface area (Å²) in [6, 6.07) is 46.6. The molecule has 1 N–H and O–H groups in total. The Bertz CT molecular complexity index is 3170. The van der Waals surface area contributed by atoms with Crippen molar-refractivity contribution in [3.8, 4) is 11.5 Å². The van der Waals surface area contributed by atoms with Crippen molar-refractivity contribution in [2.75, 3.05) is 0 Å². The quantitative estimate of drug-likeness (QED) is 0.0301. The van der Waals surface area contributed by atoms with Crippen LogP contribution in [0.5, 0.6) is 11.5 Å². The lowest BCUT2D eigenvalue weighted by molar-refractivity contribution is -0.170. The number of esters is 5. The molecule has 0 radical (unpaired) electrons. The highest BCUT2D eigenvalue weighted by atomic mass is 32.2. The number of alkyl halides is 2. The van der Waals surface area contributed by atoms with Gasteiger partial charge in [0.1, 0.15) is 23.7 Å². The van der Waals surface area contributed by atoms with Crippen LogP contribution in [0.15, 0.2) is 154 Å². The first kappa shape index (κ1) is 73.1. The maximum Gasteiger partial charge on any atom is 0.369 e. The zero-order valence-corrected chi connectivity index (χ0v) is 55.6. The SMILES string of the molecule is CCC(C)(C)C(=O)OC(C)C(F)(F)S(=O)(=O)[O-].CCC(C)(C)C(=O)OC1C2CC3C(=O)OC1C3O2.CCC(C)(C)C(=O)OC1c2ccccc2CCC1(C)C.CCC(C)(C)C(=O)Oc1ccc(O)cc1.c1ccc([S+](c2ccccc2)c2ccccc2)cc1. The summed E-state index contributed by atoms with van der Waals surface area (Å²) in [5.74, 6) is -1.30. The van der Waals surface area contributed by atoms with Crippen molar-refractivity contribution in [2.45, 2.75) is 205 Å². The monoisotopic (exact) mass is 1270 g/mol. The lowest BCUT2D eigenvalue weighted by atomic mass is 9.72. The predicted octanol–water partition coefficient (Wildman–Crippen LogP) is 14.7. The van der Waals surface area contributed by atoms with Gasteiger partial charge in [0.05, 0.1) is 44.6 Å². The van der Waals surface area contributed by atoms with Crippen LogP contribution in [-0.2, 0) is 75.1 Å². The van der Waals surface area contributed by atoms with Crippen LogP contribution in [0.2, 0.25) is 0 Å². The van der Waals surface area contributed by atoms with Gasteiger partial charge in [0.2, 0.25) is 0 Å². The number of hydrogen-bond donors (Lipinski definition) is 1. The molecule has 5 aromatic rings. The highest BCUT2D eigenvalue weighted by Gasteiger charge is 2.65. The van der Waals surface area contributed by atoms with Crippen molar-refractivity contribution in [1.29, 1.82) is 0 Å². The number of phenols is 1. The van der Waals surface area contributed by atoms with Crippen LogP contribution in [-0.4, -0.2) is 83.7 Å². The summed E-state index contributed by atoms with van der Waals surface area (Å²) >= 11 is 0. The first-order chi connectivity index (χ1) is 41.5. The summed E-state index contributed by atoms with van der Waals surface area (Å²) in [5, 5.41) is 4.42. The maximum atomic E-state index is 13.0. The zero-order chi connectivity index (χ0) is 66.5. The molecule has 5 aromatic carbocycles. The average Bonchev–Trinajstić information content (AvgIpc) is 1.61. The molecule has 19 heteroatoms. The minimum atomic E-state index is -5.86. The van der Waals surface area contributed by atoms with Crippen LogP contribution in [0.4, 0.5) is 8.78 Å². The van der Waals surface area contributed by atoms with Gasteiger partial charge in [-0.05, 0) is 179 Å². The molecule has 15 nitrogen and oxygen atoms in total. The molecule has 0 aromatic heterocycles. The largest absolute Gasteiger partial charge is 0.743 e. The number of phenolic OH excluding ortho intramolecular Hbond substituents is 1. The fraction of sp³-hybridized carbons (Fsp3) is 0.500. The second-order valence-electron chi connectivity index (χ2n) is 25.9. The minimum Gasteiger partial charge on any atom is -0.743 e. The van der Waals surface area contributed by atoms with E-state index >= 15 is 0 Å². The number of fused-ring (bicyclic) bond motifs is 2. The molecule has 89 heavy (non-hydrogen) atoms. The van der Waals surface area contributed by atoms with Crippen molar-refractivity contribution in [3.05, 3.63) is 151 Å². The molecule has 0 amide bonds. The van der Waals surface area contributed by atoms with E-state index in [0.29, 0.717) is 31.9 Å². The first-order valence-corrected chi connectivity index (χ1v) is 32.9. The second-order valence-corrected chi connectivity index (χ2v) is 29.3. The minimum absolute atomic E-state index is 0.00612. The molecular formula is C70H90F2O15S2. The molecule has 7 atom stereocenters. The molecular weight excluding hydrogens is 1180 g/mol. The van der Waals surface area contributed by atoms with Gasteiger partial charge in [0, 0.05) is 5.41 Å². The third-order valence-corrected chi connectivity index (χ3v) is 20.4. The van der Waals surface area contributed by atoms with Crippen molar-refractivity contribution < 1.29 is 79.3 Å². The van der Waals surface area contributed by atoms with Crippen LogP contribution >= 0.6 is 0 Å². The Kier molecular flexibility index (Phi) is 25.0. The van der Waals surface area contributed by atoms with Gasteiger partial charge in [-0.3, -0.25) is 24.0 Å². The highest BCUT2D eigenvalue weighted by Crippen LogP contribution is 2.49. The summed E-state index contributed by atoms with van der Waals surface area (Å²) in [6.07, 6.45) is 1.65. The van der Waals surface area contributed by atoms with Crippen LogP contribution < -0.4 is 4.74 Å². The van der Waals surface area contributed by atoms with E-state index in [1.54, 1.807) is 19.1 Å². The van der Waals surface area contributed by atoms with Crippen LogP contribution in [0.25, 0.3) is 0 Å². The highest BCUT2D eigenvalue weighted by molar-refractivity contribution is 7.97. The van der Waals surface area contributed by atoms with Crippen LogP contribution in [0.1, 0.15) is 160 Å². The number of rotatable bonds is 17. The number of aromatic hydroxyl groups is 1. The molecule has 3 heterocycles. The second kappa shape index (κ2) is 30.4. The van der Waals surface area contributed by atoms with Crippen molar-refractivity contribution >= 4 is 50.9 Å². The van der Waals surface area contributed by atoms with Gasteiger partial charge in [-0.25, -0.2) is 8.42 Å². The van der Waals surface area contributed by atoms with E-state index in [0.717, 1.165) is 25.7 Å². The Morgan fingerprint density at radius 3 is 1.53 bits per heavy atom. The molecule has 3 aliphatic heterocycles. The van der Waals surface area contributed by atoms with Gasteiger partial charge in [-0.1, -0.05) is 120 Å². The van der Waals surface area contributed by atoms with E-state index in [1.165, 1.54) is 51.8 Å². The van der Waals surface area contributed by atoms with Crippen molar-refractivity contribution in [2.24, 2.45) is 33.0 Å². The Morgan fingerprint density at radius 2 is 1.07 bits per heavy atom. The molecule has 3 saturated heterocycles. The molecule has 0 saturated carbocycles. The van der Waals surface area contributed by atoms with Crippen molar-refractivity contribution in [1.82, 2.24) is 0 Å². The molecule has 0 spiro atoms. The number of aryl methyl sites for hydroxylation is 1. The van der Waals surface area contributed by atoms with Crippen LogP contribution in [0, 0.1) is 33.0 Å². The summed E-state index contributed by atoms with van der Waals surface area (Å²) in [7, 11) is -5.87. The molecule has 7 unspecified atom stereocenters. The maximum absolute atomic E-state index is 13.0. The fourth-order valence-corrected chi connectivity index (χ4v) is 11.7. The molecule has 2 bridgehead atoms. The number of hydrogen-bond acceptors (Lipinski definition) is 15. The normalized spacial score (nSPS) is 20.1. The van der Waals surface area contributed by atoms with Gasteiger partial charge < -0.3 is 38.1 Å². The van der Waals surface area contributed by atoms with Crippen molar-refractivity contribution in [3.63, 3.8) is 0 Å². The lowest BCUT2D eigenvalue weighted by Gasteiger charge is -2.40. The summed E-state index contributed by atoms with van der Waals surface area (Å²) in [6.45, 7) is 26.9. The molecule has 486 valence electrons. The molecule has 3 fully saturated rings. The van der Waals surface area contributed by atoms with Gasteiger partial charge in [-0.2, -0.15) is 8.78 Å². The van der Waals surface area contributed by atoms with E-state index in [1.807, 2.05) is 68.4 Å². The summed E-state index contributed by atoms with van der Waals surface area (Å²) in [4.78, 5) is 63.2. The van der Waals surface area contributed by atoms with Gasteiger partial charge in [0.15, 0.2) is 43.1 Å². The topological polar surface area (TPSA) is 218 Å². The molecule has 1 aliphatic carbocycles. The predicted molar refractivity (Wildman–Crippen MR) is 336 cm³/mol. The van der Waals surface area contributed by atoms with E-state index in [2.05, 4.69) is 128 Å². The third-order valence-electron chi connectivity index (χ3n) is 17.2. The van der Waals surface area contributed by atoms with Gasteiger partial charge >= 0.3 is 35.1 Å². The average molecular weight is 1270 g/mol. The number of benzene rings is 5. The standard InChI is InChI=1S/C18H26O2.C18H15S.C13H18O5.C12H16O3.C9H16F2O5S/c1-6-17(2,3)16(19)20-15-14-10-8-7-9-13(14)11-12-18(15,4)5;1-4-10-16(11-5-1)19(17-12-6-2-7-13-17)18-14-8-3-9-15-18;1-4-13(2,3)12(15)18-9-7-5-6-8(16-7)10(9)17-11(6)14;1-4-12(2,3)11(14)15-10-7-5-9(13)6-8-10;1-5-8(3,4)7(12)16-6(2)9(10,11)17(13,14)15/h7-10,15H,6,11-12H2,1-5H3;1-15H;6-10H,4-5H2,1-3H3;5-8,13H,4H2,1-3H3;6H,5H2,1-4H3,(H,13,14,15)/q;+1;;;/p-1. The third kappa shape index (κ3) is 18.7. The zero-order valence-electron chi connectivity index (χ0n) is 54.0. The molecule has 9 rings (SSSR count). The number of ether oxygens (including phenoxy) is 6. The number of carbonyl (C=O) groups excluding carboxylic acids is 5. The molecule has 4 aliphatic rings. The fourth-order valence-electron chi connectivity index (χ4n) is 9.19. The Hall–Kier alpha value is -6.67. The smallest absolute Gasteiger partial charge is 0.369 e. The summed E-state index contributed by atoms with van der Waals surface area (Å²) in [5.41, 5.74) is 0.0811. The number of halogens is 2. The Labute approximate surface area is 528 Å². The van der Waals surface area contributed by atoms with E-state index in [-0.39, 0.29) is 70.2 Å². The summed E-state index contributed by atoms with van der Waals surface area (Å²) < 4.78 is 88.8. The van der Waals surface area contributed by atoms with Gasteiger partial charge in [0.25, 0.3) is 0 Å². The van der Waals surface area contributed by atoms with Crippen LogP contribution in [0.3, 0.4) is 0 Å². The Morgan fingerprint density at radius 1 is 0.640 bits per heavy atom. The van der Waals surface area contributed by atoms with E-state index in [9.17, 15) is 45.7 Å². The van der Waals surface area contributed by atoms with E-state index in [4.69, 9.17) is 28.8 Å².